The highest BCUT2D eigenvalue weighted by atomic mass is 127. The van der Waals surface area contributed by atoms with Gasteiger partial charge in [-0.05, 0) is 36.9 Å². The van der Waals surface area contributed by atoms with E-state index in [4.69, 9.17) is 4.74 Å². The first kappa shape index (κ1) is 24.2. The Balaban J connectivity index is 0.00000392. The quantitative estimate of drug-likeness (QED) is 0.185. The molecule has 0 unspecified atom stereocenters. The minimum Gasteiger partial charge on any atom is -0.494 e. The molecule has 1 heterocycles. The number of para-hydroxylation sites is 1. The fourth-order valence-corrected chi connectivity index (χ4v) is 2.94. The number of halogens is 1. The Kier molecular flexibility index (Phi) is 13.1. The van der Waals surface area contributed by atoms with Crippen LogP contribution in [0.1, 0.15) is 29.4 Å². The second-order valence-corrected chi connectivity index (χ2v) is 6.74. The molecule has 1 amide bonds. The van der Waals surface area contributed by atoms with Crippen LogP contribution in [0, 0.1) is 0 Å². The monoisotopic (exact) mass is 516 g/mol. The smallest absolute Gasteiger partial charge is 0.261 e. The van der Waals surface area contributed by atoms with E-state index in [-0.39, 0.29) is 29.9 Å². The van der Waals surface area contributed by atoms with Gasteiger partial charge in [-0.1, -0.05) is 24.3 Å². The van der Waals surface area contributed by atoms with Gasteiger partial charge in [-0.25, -0.2) is 0 Å². The molecule has 0 bridgehead atoms. The van der Waals surface area contributed by atoms with Crippen molar-refractivity contribution in [3.63, 3.8) is 0 Å². The van der Waals surface area contributed by atoms with Crippen molar-refractivity contribution >= 4 is 47.2 Å². The van der Waals surface area contributed by atoms with E-state index in [0.717, 1.165) is 42.5 Å². The van der Waals surface area contributed by atoms with Gasteiger partial charge in [-0.2, -0.15) is 0 Å². The van der Waals surface area contributed by atoms with Crippen molar-refractivity contribution in [3.05, 3.63) is 52.7 Å². The minimum atomic E-state index is -0.0102. The van der Waals surface area contributed by atoms with Crippen LogP contribution in [-0.4, -0.2) is 44.7 Å². The third-order valence-corrected chi connectivity index (χ3v) is 4.47. The zero-order valence-corrected chi connectivity index (χ0v) is 19.3. The summed E-state index contributed by atoms with van der Waals surface area (Å²) in [5, 5.41) is 11.3. The Morgan fingerprint density at radius 2 is 1.82 bits per heavy atom. The number of amides is 1. The number of benzene rings is 1. The van der Waals surface area contributed by atoms with Crippen molar-refractivity contribution in [2.24, 2.45) is 4.99 Å². The van der Waals surface area contributed by atoms with Gasteiger partial charge in [0.15, 0.2) is 5.96 Å². The Morgan fingerprint density at radius 3 is 2.54 bits per heavy atom. The van der Waals surface area contributed by atoms with Gasteiger partial charge in [0.25, 0.3) is 5.91 Å². The third kappa shape index (κ3) is 9.93. The Bertz CT molecular complexity index is 681. The van der Waals surface area contributed by atoms with E-state index in [0.29, 0.717) is 19.7 Å². The lowest BCUT2D eigenvalue weighted by Gasteiger charge is -2.11. The summed E-state index contributed by atoms with van der Waals surface area (Å²) >= 11 is 1.45. The Labute approximate surface area is 188 Å². The van der Waals surface area contributed by atoms with E-state index in [1.165, 1.54) is 11.3 Å². The Hall–Kier alpha value is -1.81. The van der Waals surface area contributed by atoms with Gasteiger partial charge in [-0.15, -0.1) is 35.3 Å². The van der Waals surface area contributed by atoms with Crippen LogP contribution in [0.2, 0.25) is 0 Å². The lowest BCUT2D eigenvalue weighted by Crippen LogP contribution is -2.39. The standard InChI is InChI=1S/C20H28N4O2S.HI/c1-2-21-20(24-14-8-15-26-17-9-4-3-5-10-17)23-13-7-12-22-19(25)18-11-6-16-27-18;/h3-6,9-11,16H,2,7-8,12-15H2,1H3,(H,22,25)(H2,21,23,24);1H. The van der Waals surface area contributed by atoms with Crippen LogP contribution in [0.5, 0.6) is 5.75 Å². The number of hydrogen-bond donors (Lipinski definition) is 3. The van der Waals surface area contributed by atoms with Gasteiger partial charge < -0.3 is 20.7 Å². The molecule has 0 fully saturated rings. The fraction of sp³-hybridized carbons (Fsp3) is 0.400. The first-order chi connectivity index (χ1) is 13.3. The van der Waals surface area contributed by atoms with Crippen LogP contribution >= 0.6 is 35.3 Å². The highest BCUT2D eigenvalue weighted by Crippen LogP contribution is 2.08. The molecule has 0 radical (unpaired) electrons. The van der Waals surface area contributed by atoms with Crippen molar-refractivity contribution in [2.45, 2.75) is 19.8 Å². The molecule has 3 N–H and O–H groups in total. The first-order valence-electron chi connectivity index (χ1n) is 9.31. The first-order valence-corrected chi connectivity index (χ1v) is 10.2. The topological polar surface area (TPSA) is 74.8 Å². The van der Waals surface area contributed by atoms with Crippen molar-refractivity contribution in [3.8, 4) is 5.75 Å². The molecule has 1 aromatic heterocycles. The number of thiophene rings is 1. The largest absolute Gasteiger partial charge is 0.494 e. The molecule has 154 valence electrons. The number of aliphatic imine (C=N–C) groups is 1. The summed E-state index contributed by atoms with van der Waals surface area (Å²) < 4.78 is 5.66. The third-order valence-electron chi connectivity index (χ3n) is 3.61. The summed E-state index contributed by atoms with van der Waals surface area (Å²) in [5.74, 6) is 1.67. The highest BCUT2D eigenvalue weighted by Gasteiger charge is 2.04. The highest BCUT2D eigenvalue weighted by molar-refractivity contribution is 14.0. The van der Waals surface area contributed by atoms with Gasteiger partial charge in [0.2, 0.25) is 0 Å². The molecule has 2 aromatic rings. The van der Waals surface area contributed by atoms with Gasteiger partial charge in [0, 0.05) is 32.6 Å². The molecule has 0 aliphatic carbocycles. The summed E-state index contributed by atoms with van der Waals surface area (Å²) in [6.45, 7) is 5.56. The molecule has 2 rings (SSSR count). The molecule has 1 aromatic carbocycles. The number of ether oxygens (including phenoxy) is 1. The molecule has 0 saturated carbocycles. The molecule has 28 heavy (non-hydrogen) atoms. The molecule has 0 aliphatic heterocycles. The van der Waals surface area contributed by atoms with Crippen molar-refractivity contribution in [1.29, 1.82) is 0 Å². The molecular formula is C20H29IN4O2S. The average Bonchev–Trinajstić information content (AvgIpc) is 3.23. The molecule has 8 heteroatoms. The van der Waals surface area contributed by atoms with Crippen LogP contribution in [0.4, 0.5) is 0 Å². The zero-order valence-electron chi connectivity index (χ0n) is 16.1. The van der Waals surface area contributed by atoms with Crippen molar-refractivity contribution < 1.29 is 9.53 Å². The van der Waals surface area contributed by atoms with Gasteiger partial charge >= 0.3 is 0 Å². The van der Waals surface area contributed by atoms with E-state index in [9.17, 15) is 4.79 Å². The van der Waals surface area contributed by atoms with Gasteiger partial charge in [-0.3, -0.25) is 9.79 Å². The minimum absolute atomic E-state index is 0. The average molecular weight is 516 g/mol. The van der Waals surface area contributed by atoms with Crippen LogP contribution in [-0.2, 0) is 0 Å². The number of carbonyl (C=O) groups is 1. The molecule has 0 aliphatic rings. The van der Waals surface area contributed by atoms with Crippen LogP contribution in [0.25, 0.3) is 0 Å². The molecule has 6 nitrogen and oxygen atoms in total. The van der Waals surface area contributed by atoms with Crippen molar-refractivity contribution in [1.82, 2.24) is 16.0 Å². The number of nitrogens with zero attached hydrogens (tertiary/aromatic N) is 1. The Morgan fingerprint density at radius 1 is 1.04 bits per heavy atom. The molecule has 0 spiro atoms. The van der Waals surface area contributed by atoms with Crippen LogP contribution in [0.15, 0.2) is 52.8 Å². The summed E-state index contributed by atoms with van der Waals surface area (Å²) in [6, 6.07) is 13.5. The van der Waals surface area contributed by atoms with Gasteiger partial charge in [0.1, 0.15) is 5.75 Å². The number of hydrogen-bond acceptors (Lipinski definition) is 4. The van der Waals surface area contributed by atoms with E-state index in [2.05, 4.69) is 20.9 Å². The van der Waals surface area contributed by atoms with E-state index >= 15 is 0 Å². The summed E-state index contributed by atoms with van der Waals surface area (Å²) in [6.07, 6.45) is 1.68. The second kappa shape index (κ2) is 15.2. The van der Waals surface area contributed by atoms with E-state index in [1.54, 1.807) is 0 Å². The predicted octanol–water partition coefficient (Wildman–Crippen LogP) is 3.51. The van der Waals surface area contributed by atoms with Crippen molar-refractivity contribution in [2.75, 3.05) is 32.8 Å². The summed E-state index contributed by atoms with van der Waals surface area (Å²) in [4.78, 5) is 17.1. The van der Waals surface area contributed by atoms with E-state index < -0.39 is 0 Å². The lowest BCUT2D eigenvalue weighted by atomic mass is 10.3. The summed E-state index contributed by atoms with van der Waals surface area (Å²) in [5.41, 5.74) is 0. The number of nitrogens with one attached hydrogen (secondary N) is 3. The fourth-order valence-electron chi connectivity index (χ4n) is 2.30. The van der Waals surface area contributed by atoms with Gasteiger partial charge in [0.05, 0.1) is 11.5 Å². The van der Waals surface area contributed by atoms with Crippen LogP contribution < -0.4 is 20.7 Å². The molecular weight excluding hydrogens is 487 g/mol. The number of rotatable bonds is 11. The number of carbonyl (C=O) groups excluding carboxylic acids is 1. The maximum atomic E-state index is 11.8. The van der Waals surface area contributed by atoms with E-state index in [1.807, 2.05) is 54.8 Å². The number of guanidine groups is 1. The SMILES string of the molecule is CCNC(=NCCCOc1ccccc1)NCCCNC(=O)c1cccs1.I. The lowest BCUT2D eigenvalue weighted by molar-refractivity contribution is 0.0957. The molecule has 0 saturated heterocycles. The second-order valence-electron chi connectivity index (χ2n) is 5.79. The van der Waals surface area contributed by atoms with Crippen LogP contribution in [0.3, 0.4) is 0 Å². The zero-order chi connectivity index (χ0) is 19.2. The predicted molar refractivity (Wildman–Crippen MR) is 127 cm³/mol. The molecule has 0 atom stereocenters. The normalized spacial score (nSPS) is 10.7. The maximum absolute atomic E-state index is 11.8. The summed E-state index contributed by atoms with van der Waals surface area (Å²) in [7, 11) is 0. The maximum Gasteiger partial charge on any atom is 0.261 e.